The van der Waals surface area contributed by atoms with Gasteiger partial charge >= 0.3 is 0 Å². The minimum Gasteiger partial charge on any atom is -0.377 e. The van der Waals surface area contributed by atoms with Crippen LogP contribution in [0.25, 0.3) is 0 Å². The number of carbonyl (C=O) groups excluding carboxylic acids is 2. The number of benzene rings is 2. The van der Waals surface area contributed by atoms with Crippen LogP contribution < -0.4 is 15.5 Å². The highest BCUT2D eigenvalue weighted by Crippen LogP contribution is 2.17. The Balaban J connectivity index is 1.84. The standard InChI is InChI=1S/C18H21N3O2/c1-21(2)16-11-7-6-10-15(16)18(23)19-13-12-17(22)20-14-8-4-3-5-9-14/h3-11H,12-13H2,1-2H3,(H,19,23)(H,20,22). The highest BCUT2D eigenvalue weighted by Gasteiger charge is 2.12. The van der Waals surface area contributed by atoms with E-state index in [0.29, 0.717) is 12.1 Å². The number of carbonyl (C=O) groups is 2. The van der Waals surface area contributed by atoms with Crippen molar-refractivity contribution in [2.45, 2.75) is 6.42 Å². The monoisotopic (exact) mass is 311 g/mol. The first kappa shape index (κ1) is 16.5. The zero-order valence-corrected chi connectivity index (χ0v) is 13.4. The summed E-state index contributed by atoms with van der Waals surface area (Å²) < 4.78 is 0. The summed E-state index contributed by atoms with van der Waals surface area (Å²) in [5.41, 5.74) is 2.20. The minimum atomic E-state index is -0.179. The molecule has 0 unspecified atom stereocenters. The van der Waals surface area contributed by atoms with E-state index in [-0.39, 0.29) is 18.2 Å². The van der Waals surface area contributed by atoms with E-state index >= 15 is 0 Å². The van der Waals surface area contributed by atoms with Gasteiger partial charge in [-0.3, -0.25) is 9.59 Å². The van der Waals surface area contributed by atoms with Crippen molar-refractivity contribution in [3.05, 3.63) is 60.2 Å². The van der Waals surface area contributed by atoms with E-state index in [1.165, 1.54) is 0 Å². The zero-order chi connectivity index (χ0) is 16.7. The lowest BCUT2D eigenvalue weighted by Gasteiger charge is -2.16. The molecule has 120 valence electrons. The van der Waals surface area contributed by atoms with E-state index in [2.05, 4.69) is 10.6 Å². The molecule has 23 heavy (non-hydrogen) atoms. The van der Waals surface area contributed by atoms with E-state index in [9.17, 15) is 9.59 Å². The molecule has 5 nitrogen and oxygen atoms in total. The van der Waals surface area contributed by atoms with Crippen LogP contribution >= 0.6 is 0 Å². The minimum absolute atomic E-state index is 0.127. The smallest absolute Gasteiger partial charge is 0.253 e. The lowest BCUT2D eigenvalue weighted by molar-refractivity contribution is -0.116. The van der Waals surface area contributed by atoms with Crippen molar-refractivity contribution in [1.29, 1.82) is 0 Å². The number of para-hydroxylation sites is 2. The summed E-state index contributed by atoms with van der Waals surface area (Å²) in [6.45, 7) is 0.291. The number of hydrogen-bond acceptors (Lipinski definition) is 3. The lowest BCUT2D eigenvalue weighted by atomic mass is 10.1. The van der Waals surface area contributed by atoms with Gasteiger partial charge in [0.2, 0.25) is 5.91 Å². The molecule has 0 heterocycles. The molecular weight excluding hydrogens is 290 g/mol. The molecule has 2 aromatic carbocycles. The second-order valence-corrected chi connectivity index (χ2v) is 5.33. The molecule has 0 aliphatic heterocycles. The maximum Gasteiger partial charge on any atom is 0.253 e. The van der Waals surface area contributed by atoms with Crippen molar-refractivity contribution in [2.24, 2.45) is 0 Å². The van der Waals surface area contributed by atoms with E-state index in [0.717, 1.165) is 11.4 Å². The Morgan fingerprint density at radius 3 is 2.30 bits per heavy atom. The third kappa shape index (κ3) is 4.85. The summed E-state index contributed by atoms with van der Waals surface area (Å²) in [5.74, 6) is -0.306. The van der Waals surface area contributed by atoms with Crippen molar-refractivity contribution >= 4 is 23.2 Å². The molecule has 2 N–H and O–H groups in total. The molecular formula is C18H21N3O2. The van der Waals surface area contributed by atoms with Crippen molar-refractivity contribution in [1.82, 2.24) is 5.32 Å². The number of nitrogens with one attached hydrogen (secondary N) is 2. The Hall–Kier alpha value is -2.82. The van der Waals surface area contributed by atoms with Crippen LogP contribution in [0.15, 0.2) is 54.6 Å². The van der Waals surface area contributed by atoms with E-state index < -0.39 is 0 Å². The maximum absolute atomic E-state index is 12.2. The molecule has 0 fully saturated rings. The summed E-state index contributed by atoms with van der Waals surface area (Å²) >= 11 is 0. The number of nitrogens with zero attached hydrogens (tertiary/aromatic N) is 1. The largest absolute Gasteiger partial charge is 0.377 e. The van der Waals surface area contributed by atoms with Crippen LogP contribution in [0.4, 0.5) is 11.4 Å². The van der Waals surface area contributed by atoms with Crippen LogP contribution in [0, 0.1) is 0 Å². The molecule has 0 saturated carbocycles. The van der Waals surface area contributed by atoms with Crippen molar-refractivity contribution < 1.29 is 9.59 Å². The first-order valence-electron chi connectivity index (χ1n) is 7.47. The lowest BCUT2D eigenvalue weighted by Crippen LogP contribution is -2.29. The van der Waals surface area contributed by atoms with Crippen LogP contribution in [0.3, 0.4) is 0 Å². The molecule has 0 aliphatic rings. The van der Waals surface area contributed by atoms with Crippen LogP contribution in [0.1, 0.15) is 16.8 Å². The molecule has 2 amide bonds. The van der Waals surface area contributed by atoms with Crippen LogP contribution in [-0.2, 0) is 4.79 Å². The van der Waals surface area contributed by atoms with Gasteiger partial charge in [-0.05, 0) is 24.3 Å². The highest BCUT2D eigenvalue weighted by molar-refractivity contribution is 6.00. The number of rotatable bonds is 6. The Labute approximate surface area is 136 Å². The van der Waals surface area contributed by atoms with Gasteiger partial charge in [0.05, 0.1) is 5.56 Å². The summed E-state index contributed by atoms with van der Waals surface area (Å²) in [4.78, 5) is 26.0. The predicted octanol–water partition coefficient (Wildman–Crippen LogP) is 2.51. The van der Waals surface area contributed by atoms with Gasteiger partial charge in [0.1, 0.15) is 0 Å². The fourth-order valence-electron chi connectivity index (χ4n) is 2.19. The third-order valence-electron chi connectivity index (χ3n) is 3.33. The van der Waals surface area contributed by atoms with Gasteiger partial charge in [-0.1, -0.05) is 30.3 Å². The Morgan fingerprint density at radius 1 is 0.957 bits per heavy atom. The van der Waals surface area contributed by atoms with Crippen molar-refractivity contribution in [3.63, 3.8) is 0 Å². The first-order chi connectivity index (χ1) is 11.1. The zero-order valence-electron chi connectivity index (χ0n) is 13.4. The van der Waals surface area contributed by atoms with Crippen molar-refractivity contribution in [3.8, 4) is 0 Å². The summed E-state index contributed by atoms with van der Waals surface area (Å²) in [5, 5.41) is 5.57. The summed E-state index contributed by atoms with van der Waals surface area (Å²) in [6.07, 6.45) is 0.227. The average molecular weight is 311 g/mol. The maximum atomic E-state index is 12.2. The van der Waals surface area contributed by atoms with Crippen LogP contribution in [0.2, 0.25) is 0 Å². The van der Waals surface area contributed by atoms with E-state index in [1.807, 2.05) is 67.5 Å². The number of anilines is 2. The summed E-state index contributed by atoms with van der Waals surface area (Å²) in [7, 11) is 3.78. The van der Waals surface area contributed by atoms with E-state index in [1.54, 1.807) is 6.07 Å². The van der Waals surface area contributed by atoms with Gasteiger partial charge < -0.3 is 15.5 Å². The first-order valence-corrected chi connectivity index (χ1v) is 7.47. The Kier molecular flexibility index (Phi) is 5.74. The molecule has 5 heteroatoms. The second-order valence-electron chi connectivity index (χ2n) is 5.33. The van der Waals surface area contributed by atoms with Crippen molar-refractivity contribution in [2.75, 3.05) is 30.9 Å². The average Bonchev–Trinajstić information content (AvgIpc) is 2.55. The molecule has 2 aromatic rings. The third-order valence-corrected chi connectivity index (χ3v) is 3.33. The van der Waals surface area contributed by atoms with Gasteiger partial charge in [-0.2, -0.15) is 0 Å². The molecule has 2 rings (SSSR count). The molecule has 0 aromatic heterocycles. The van der Waals surface area contributed by atoms with Gasteiger partial charge in [-0.15, -0.1) is 0 Å². The normalized spacial score (nSPS) is 10.0. The summed E-state index contributed by atoms with van der Waals surface area (Å²) in [6, 6.07) is 16.6. The van der Waals surface area contributed by atoms with Crippen LogP contribution in [0.5, 0.6) is 0 Å². The molecule has 0 atom stereocenters. The van der Waals surface area contributed by atoms with E-state index in [4.69, 9.17) is 0 Å². The fraction of sp³-hybridized carbons (Fsp3) is 0.222. The molecule has 0 bridgehead atoms. The topological polar surface area (TPSA) is 61.4 Å². The fourth-order valence-corrected chi connectivity index (χ4v) is 2.19. The molecule has 0 spiro atoms. The quantitative estimate of drug-likeness (QED) is 0.861. The molecule has 0 aliphatic carbocycles. The predicted molar refractivity (Wildman–Crippen MR) is 92.8 cm³/mol. The molecule has 0 radical (unpaired) electrons. The Bertz CT molecular complexity index is 669. The van der Waals surface area contributed by atoms with Gasteiger partial charge in [0.25, 0.3) is 5.91 Å². The van der Waals surface area contributed by atoms with Gasteiger partial charge in [-0.25, -0.2) is 0 Å². The van der Waals surface area contributed by atoms with Gasteiger partial charge in [0.15, 0.2) is 0 Å². The van der Waals surface area contributed by atoms with Crippen LogP contribution in [-0.4, -0.2) is 32.5 Å². The molecule has 0 saturated heterocycles. The second kappa shape index (κ2) is 7.98. The van der Waals surface area contributed by atoms with Gasteiger partial charge in [0, 0.05) is 38.4 Å². The SMILES string of the molecule is CN(C)c1ccccc1C(=O)NCCC(=O)Nc1ccccc1. The highest BCUT2D eigenvalue weighted by atomic mass is 16.2. The Morgan fingerprint density at radius 2 is 1.61 bits per heavy atom. The number of amides is 2. The number of hydrogen-bond donors (Lipinski definition) is 2.